The number of hydrogen-bond donors (Lipinski definition) is 2. The number of aromatic nitrogens is 1. The average molecular weight is 594 g/mol. The van der Waals surface area contributed by atoms with Gasteiger partial charge in [-0.25, -0.2) is 9.78 Å². The number of carbonyl (C=O) groups is 2. The molecule has 0 spiro atoms. The zero-order chi connectivity index (χ0) is 30.2. The maximum atomic E-state index is 11.0. The van der Waals surface area contributed by atoms with Crippen LogP contribution in [0, 0.1) is 19.8 Å². The highest BCUT2D eigenvalue weighted by Gasteiger charge is 2.21. The fraction of sp³-hybridized carbons (Fsp3) is 0.229. The van der Waals surface area contributed by atoms with E-state index in [1.165, 1.54) is 31.7 Å². The van der Waals surface area contributed by atoms with Gasteiger partial charge >= 0.3 is 5.97 Å². The van der Waals surface area contributed by atoms with Crippen molar-refractivity contribution in [3.05, 3.63) is 107 Å². The van der Waals surface area contributed by atoms with E-state index in [2.05, 4.69) is 77.6 Å². The number of benzene rings is 3. The van der Waals surface area contributed by atoms with Crippen LogP contribution in [0.4, 0.5) is 11.5 Å². The van der Waals surface area contributed by atoms with Crippen molar-refractivity contribution in [2.24, 2.45) is 5.92 Å². The molecule has 0 unspecified atom stereocenters. The summed E-state index contributed by atoms with van der Waals surface area (Å²) in [7, 11) is 0. The number of carboxylic acids is 1. The third kappa shape index (κ3) is 7.59. The number of aromatic carboxylic acids is 1. The topological polar surface area (TPSA) is 91.8 Å². The Labute approximate surface area is 255 Å². The summed E-state index contributed by atoms with van der Waals surface area (Å²) >= 11 is 1.88. The number of pyridine rings is 1. The summed E-state index contributed by atoms with van der Waals surface area (Å²) in [5.41, 5.74) is 4.92. The van der Waals surface area contributed by atoms with Crippen molar-refractivity contribution in [2.75, 3.05) is 29.9 Å². The van der Waals surface area contributed by atoms with Crippen molar-refractivity contribution in [2.45, 2.75) is 26.7 Å². The highest BCUT2D eigenvalue weighted by Crippen LogP contribution is 2.33. The third-order valence-electron chi connectivity index (χ3n) is 7.76. The van der Waals surface area contributed by atoms with Crippen molar-refractivity contribution in [1.29, 1.82) is 0 Å². The Balaban J connectivity index is 0.000000186. The second-order valence-electron chi connectivity index (χ2n) is 10.6. The lowest BCUT2D eigenvalue weighted by molar-refractivity contribution is -0.105. The molecule has 0 bridgehead atoms. The summed E-state index contributed by atoms with van der Waals surface area (Å²) in [6.07, 6.45) is 4.24. The van der Waals surface area contributed by atoms with Crippen LogP contribution in [0.3, 0.4) is 0 Å². The molecule has 2 aromatic heterocycles. The SMILES string of the molecule is Cc1sc2ccc(-c3ccccc3)cc2c1C.O=CNc1ccc(N2CCC(COc3cccc(C(=O)O)c3)CC2)nc1. The Morgan fingerprint density at radius 2 is 1.79 bits per heavy atom. The standard InChI is InChI=1S/C19H21N3O4.C16H14S/c23-13-21-16-4-5-18(20-11-16)22-8-6-14(7-9-22)12-26-17-3-1-2-15(10-17)19(24)25;1-11-12(2)17-16-9-8-14(10-15(11)16)13-6-4-3-5-7-13/h1-5,10-11,13-14H,6-9,12H2,(H,21,23)(H,24,25);3-10H,1-2H3. The van der Waals surface area contributed by atoms with Gasteiger partial charge in [-0.2, -0.15) is 0 Å². The fourth-order valence-corrected chi connectivity index (χ4v) is 6.19. The number of carbonyl (C=O) groups excluding carboxylic acids is 1. The average Bonchev–Trinajstić information content (AvgIpc) is 3.34. The number of anilines is 2. The van der Waals surface area contributed by atoms with Gasteiger partial charge in [0, 0.05) is 22.7 Å². The van der Waals surface area contributed by atoms with Gasteiger partial charge in [-0.3, -0.25) is 4.79 Å². The monoisotopic (exact) mass is 593 g/mol. The summed E-state index contributed by atoms with van der Waals surface area (Å²) in [5, 5.41) is 13.0. The van der Waals surface area contributed by atoms with Crippen LogP contribution in [-0.4, -0.2) is 42.2 Å². The molecule has 43 heavy (non-hydrogen) atoms. The first-order valence-electron chi connectivity index (χ1n) is 14.3. The Kier molecular flexibility index (Phi) is 9.69. The van der Waals surface area contributed by atoms with Crippen LogP contribution in [0.1, 0.15) is 33.6 Å². The molecule has 0 atom stereocenters. The van der Waals surface area contributed by atoms with E-state index in [9.17, 15) is 9.59 Å². The van der Waals surface area contributed by atoms with Gasteiger partial charge in [-0.15, -0.1) is 11.3 Å². The minimum Gasteiger partial charge on any atom is -0.493 e. The Morgan fingerprint density at radius 3 is 2.49 bits per heavy atom. The normalized spacial score (nSPS) is 13.2. The number of fused-ring (bicyclic) bond motifs is 1. The smallest absolute Gasteiger partial charge is 0.335 e. The van der Waals surface area contributed by atoms with Gasteiger partial charge < -0.3 is 20.1 Å². The highest BCUT2D eigenvalue weighted by atomic mass is 32.1. The molecule has 0 saturated carbocycles. The summed E-state index contributed by atoms with van der Waals surface area (Å²) in [6.45, 7) is 6.75. The molecule has 1 saturated heterocycles. The Morgan fingerprint density at radius 1 is 1.00 bits per heavy atom. The number of nitrogens with zero attached hydrogens (tertiary/aromatic N) is 2. The number of nitrogens with one attached hydrogen (secondary N) is 1. The van der Waals surface area contributed by atoms with Crippen LogP contribution >= 0.6 is 11.3 Å². The molecule has 1 aliphatic rings. The molecule has 8 heteroatoms. The molecule has 220 valence electrons. The van der Waals surface area contributed by atoms with Crippen molar-refractivity contribution in [1.82, 2.24) is 4.98 Å². The van der Waals surface area contributed by atoms with E-state index >= 15 is 0 Å². The summed E-state index contributed by atoms with van der Waals surface area (Å²) in [4.78, 5) is 29.4. The molecule has 3 heterocycles. The minimum absolute atomic E-state index is 0.232. The quantitative estimate of drug-likeness (QED) is 0.178. The van der Waals surface area contributed by atoms with Gasteiger partial charge in [0.2, 0.25) is 6.41 Å². The summed E-state index contributed by atoms with van der Waals surface area (Å²) in [6, 6.07) is 27.6. The fourth-order valence-electron chi connectivity index (χ4n) is 5.14. The van der Waals surface area contributed by atoms with Gasteiger partial charge in [0.1, 0.15) is 11.6 Å². The first-order chi connectivity index (χ1) is 20.9. The van der Waals surface area contributed by atoms with Crippen LogP contribution < -0.4 is 15.0 Å². The van der Waals surface area contributed by atoms with E-state index in [0.29, 0.717) is 30.4 Å². The molecule has 1 fully saturated rings. The number of aryl methyl sites for hydroxylation is 2. The lowest BCUT2D eigenvalue weighted by Crippen LogP contribution is -2.36. The van der Waals surface area contributed by atoms with E-state index in [-0.39, 0.29) is 5.56 Å². The van der Waals surface area contributed by atoms with Crippen molar-refractivity contribution < 1.29 is 19.4 Å². The minimum atomic E-state index is -0.953. The number of piperidine rings is 1. The predicted octanol–water partition coefficient (Wildman–Crippen LogP) is 7.83. The maximum absolute atomic E-state index is 11.0. The zero-order valence-electron chi connectivity index (χ0n) is 24.3. The maximum Gasteiger partial charge on any atom is 0.335 e. The molecule has 0 aliphatic carbocycles. The number of rotatable bonds is 8. The van der Waals surface area contributed by atoms with Crippen LogP contribution in [0.15, 0.2) is 91.1 Å². The number of amides is 1. The second kappa shape index (κ2) is 14.0. The van der Waals surface area contributed by atoms with Crippen molar-refractivity contribution in [3.63, 3.8) is 0 Å². The molecule has 6 rings (SSSR count). The Hall–Kier alpha value is -4.69. The van der Waals surface area contributed by atoms with E-state index in [4.69, 9.17) is 9.84 Å². The first-order valence-corrected chi connectivity index (χ1v) is 15.2. The van der Waals surface area contributed by atoms with Gasteiger partial charge in [0.15, 0.2) is 0 Å². The summed E-state index contributed by atoms with van der Waals surface area (Å²) in [5.74, 6) is 0.962. The van der Waals surface area contributed by atoms with E-state index in [0.717, 1.165) is 31.7 Å². The predicted molar refractivity (Wildman–Crippen MR) is 174 cm³/mol. The molecule has 1 amide bonds. The van der Waals surface area contributed by atoms with E-state index in [1.807, 2.05) is 23.5 Å². The van der Waals surface area contributed by atoms with Crippen LogP contribution in [0.2, 0.25) is 0 Å². The summed E-state index contributed by atoms with van der Waals surface area (Å²) < 4.78 is 7.17. The van der Waals surface area contributed by atoms with Crippen LogP contribution in [0.5, 0.6) is 5.75 Å². The molecule has 0 radical (unpaired) electrons. The second-order valence-corrected chi connectivity index (χ2v) is 11.9. The molecule has 1 aliphatic heterocycles. The molecular formula is C35H35N3O4S. The van der Waals surface area contributed by atoms with Gasteiger partial charge in [-0.05, 0) is 97.1 Å². The van der Waals surface area contributed by atoms with Gasteiger partial charge in [-0.1, -0.05) is 42.5 Å². The zero-order valence-corrected chi connectivity index (χ0v) is 25.1. The molecule has 5 aromatic rings. The Bertz CT molecular complexity index is 1680. The third-order valence-corrected chi connectivity index (χ3v) is 8.95. The number of hydrogen-bond acceptors (Lipinski definition) is 6. The first kappa shape index (κ1) is 29.8. The molecule has 3 aromatic carbocycles. The largest absolute Gasteiger partial charge is 0.493 e. The lowest BCUT2D eigenvalue weighted by atomic mass is 9.98. The van der Waals surface area contributed by atoms with E-state index in [1.54, 1.807) is 30.5 Å². The highest BCUT2D eigenvalue weighted by molar-refractivity contribution is 7.19. The van der Waals surface area contributed by atoms with E-state index < -0.39 is 5.97 Å². The van der Waals surface area contributed by atoms with Crippen LogP contribution in [0.25, 0.3) is 21.2 Å². The molecule has 2 N–H and O–H groups in total. The lowest BCUT2D eigenvalue weighted by Gasteiger charge is -2.32. The van der Waals surface area contributed by atoms with Gasteiger partial charge in [0.05, 0.1) is 24.1 Å². The van der Waals surface area contributed by atoms with Gasteiger partial charge in [0.25, 0.3) is 0 Å². The molecule has 7 nitrogen and oxygen atoms in total. The molecular weight excluding hydrogens is 558 g/mol. The van der Waals surface area contributed by atoms with Crippen molar-refractivity contribution >= 4 is 45.3 Å². The number of ether oxygens (including phenoxy) is 1. The number of carboxylic acid groups (broad SMARTS) is 1. The number of thiophene rings is 1. The van der Waals surface area contributed by atoms with Crippen LogP contribution in [-0.2, 0) is 4.79 Å². The van der Waals surface area contributed by atoms with Crippen molar-refractivity contribution in [3.8, 4) is 16.9 Å².